The number of carbonyl (C=O) groups is 1. The summed E-state index contributed by atoms with van der Waals surface area (Å²) in [4.78, 5) is 16.3. The number of rotatable bonds is 3. The van der Waals surface area contributed by atoms with Crippen LogP contribution in [-0.2, 0) is 6.54 Å². The summed E-state index contributed by atoms with van der Waals surface area (Å²) in [6.45, 7) is 3.37. The van der Waals surface area contributed by atoms with Gasteiger partial charge >= 0.3 is 6.03 Å². The van der Waals surface area contributed by atoms with E-state index in [0.717, 1.165) is 24.3 Å². The highest BCUT2D eigenvalue weighted by molar-refractivity contribution is 6.31. The predicted octanol–water partition coefficient (Wildman–Crippen LogP) is 4.48. The fourth-order valence-corrected chi connectivity index (χ4v) is 3.09. The summed E-state index contributed by atoms with van der Waals surface area (Å²) in [6.07, 6.45) is 0. The van der Waals surface area contributed by atoms with Crippen LogP contribution in [0, 0.1) is 5.82 Å². The first-order valence-corrected chi connectivity index (χ1v) is 8.74. The second-order valence-electron chi connectivity index (χ2n) is 5.94. The Bertz CT molecular complexity index is 746. The van der Waals surface area contributed by atoms with E-state index in [1.54, 1.807) is 35.2 Å². The Labute approximate surface area is 156 Å². The molecule has 3 rings (SSSR count). The Hall–Kier alpha value is -1.82. The number of urea groups is 1. The average molecular weight is 382 g/mol. The molecule has 1 fully saturated rings. The molecule has 0 spiro atoms. The molecule has 1 heterocycles. The van der Waals surface area contributed by atoms with Crippen LogP contribution >= 0.6 is 23.2 Å². The number of amides is 2. The summed E-state index contributed by atoms with van der Waals surface area (Å²) < 4.78 is 13.1. The average Bonchev–Trinajstić information content (AvgIpc) is 2.60. The van der Waals surface area contributed by atoms with Crippen molar-refractivity contribution in [3.05, 3.63) is 63.9 Å². The number of carbonyl (C=O) groups excluding carboxylic acids is 1. The summed E-state index contributed by atoms with van der Waals surface area (Å²) >= 11 is 11.9. The number of benzene rings is 2. The highest BCUT2D eigenvalue weighted by Gasteiger charge is 2.21. The van der Waals surface area contributed by atoms with Gasteiger partial charge in [0.15, 0.2) is 0 Å². The van der Waals surface area contributed by atoms with E-state index in [1.165, 1.54) is 12.1 Å². The highest BCUT2D eigenvalue weighted by Crippen LogP contribution is 2.20. The van der Waals surface area contributed by atoms with Crippen LogP contribution in [0.15, 0.2) is 42.5 Å². The summed E-state index contributed by atoms with van der Waals surface area (Å²) in [5.74, 6) is -0.336. The van der Waals surface area contributed by atoms with E-state index < -0.39 is 0 Å². The first-order chi connectivity index (χ1) is 12.0. The van der Waals surface area contributed by atoms with Crippen LogP contribution in [-0.4, -0.2) is 42.0 Å². The molecular formula is C18H18Cl2FN3O. The van der Waals surface area contributed by atoms with Gasteiger partial charge in [0.2, 0.25) is 0 Å². The standard InChI is InChI=1S/C18H18Cl2FN3O/c19-14-2-5-16(6-3-14)22-18(25)24-9-7-23(8-10-24)12-13-1-4-15(21)11-17(13)20/h1-6,11H,7-10,12H2,(H,22,25). The van der Waals surface area contributed by atoms with Crippen molar-refractivity contribution in [3.8, 4) is 0 Å². The van der Waals surface area contributed by atoms with Gasteiger partial charge in [-0.25, -0.2) is 9.18 Å². The summed E-state index contributed by atoms with van der Waals surface area (Å²) in [6, 6.07) is 11.3. The van der Waals surface area contributed by atoms with E-state index in [4.69, 9.17) is 23.2 Å². The van der Waals surface area contributed by atoms with Crippen molar-refractivity contribution in [2.75, 3.05) is 31.5 Å². The minimum atomic E-state index is -0.336. The van der Waals surface area contributed by atoms with Gasteiger partial charge in [-0.2, -0.15) is 0 Å². The van der Waals surface area contributed by atoms with E-state index in [-0.39, 0.29) is 11.8 Å². The zero-order valence-electron chi connectivity index (χ0n) is 13.5. The second-order valence-corrected chi connectivity index (χ2v) is 6.78. The predicted molar refractivity (Wildman–Crippen MR) is 98.7 cm³/mol. The minimum Gasteiger partial charge on any atom is -0.322 e. The van der Waals surface area contributed by atoms with Gasteiger partial charge in [0, 0.05) is 48.5 Å². The van der Waals surface area contributed by atoms with Crippen molar-refractivity contribution >= 4 is 34.9 Å². The SMILES string of the molecule is O=C(Nc1ccc(Cl)cc1)N1CCN(Cc2ccc(F)cc2Cl)CC1. The molecule has 1 saturated heterocycles. The molecule has 0 saturated carbocycles. The lowest BCUT2D eigenvalue weighted by Crippen LogP contribution is -2.49. The van der Waals surface area contributed by atoms with Crippen LogP contribution in [0.1, 0.15) is 5.56 Å². The van der Waals surface area contributed by atoms with Crippen LogP contribution in [0.5, 0.6) is 0 Å². The first-order valence-electron chi connectivity index (χ1n) is 7.99. The van der Waals surface area contributed by atoms with Crippen molar-refractivity contribution in [2.45, 2.75) is 6.54 Å². The molecule has 0 radical (unpaired) electrons. The van der Waals surface area contributed by atoms with Crippen LogP contribution in [0.25, 0.3) is 0 Å². The van der Waals surface area contributed by atoms with Gasteiger partial charge in [-0.3, -0.25) is 4.90 Å². The van der Waals surface area contributed by atoms with E-state index in [9.17, 15) is 9.18 Å². The van der Waals surface area contributed by atoms with E-state index in [0.29, 0.717) is 29.7 Å². The molecule has 0 aromatic heterocycles. The third kappa shape index (κ3) is 4.84. The number of nitrogens with zero attached hydrogens (tertiary/aromatic N) is 2. The van der Waals surface area contributed by atoms with E-state index in [2.05, 4.69) is 10.2 Å². The molecule has 0 bridgehead atoms. The summed E-state index contributed by atoms with van der Waals surface area (Å²) in [7, 11) is 0. The third-order valence-corrected chi connectivity index (χ3v) is 4.77. The van der Waals surface area contributed by atoms with Gasteiger partial charge in [0.25, 0.3) is 0 Å². The lowest BCUT2D eigenvalue weighted by Gasteiger charge is -2.34. The molecule has 0 aliphatic carbocycles. The van der Waals surface area contributed by atoms with Crippen molar-refractivity contribution in [1.29, 1.82) is 0 Å². The van der Waals surface area contributed by atoms with Gasteiger partial charge in [-0.15, -0.1) is 0 Å². The van der Waals surface area contributed by atoms with Crippen molar-refractivity contribution in [2.24, 2.45) is 0 Å². The Morgan fingerprint density at radius 2 is 1.72 bits per heavy atom. The zero-order valence-corrected chi connectivity index (χ0v) is 15.0. The molecule has 2 aromatic rings. The molecule has 132 valence electrons. The lowest BCUT2D eigenvalue weighted by atomic mass is 10.2. The zero-order chi connectivity index (χ0) is 17.8. The molecule has 0 atom stereocenters. The van der Waals surface area contributed by atoms with Crippen molar-refractivity contribution in [3.63, 3.8) is 0 Å². The number of nitrogens with one attached hydrogen (secondary N) is 1. The van der Waals surface area contributed by atoms with E-state index >= 15 is 0 Å². The smallest absolute Gasteiger partial charge is 0.321 e. The minimum absolute atomic E-state index is 0.123. The Balaban J connectivity index is 1.51. The summed E-state index contributed by atoms with van der Waals surface area (Å²) in [5, 5.41) is 3.93. The fraction of sp³-hybridized carbons (Fsp3) is 0.278. The fourth-order valence-electron chi connectivity index (χ4n) is 2.74. The molecular weight excluding hydrogens is 364 g/mol. The monoisotopic (exact) mass is 381 g/mol. The summed E-state index contributed by atoms with van der Waals surface area (Å²) in [5.41, 5.74) is 1.61. The number of hydrogen-bond donors (Lipinski definition) is 1. The van der Waals surface area contributed by atoms with Gasteiger partial charge < -0.3 is 10.2 Å². The molecule has 7 heteroatoms. The Morgan fingerprint density at radius 1 is 1.04 bits per heavy atom. The third-order valence-electron chi connectivity index (χ3n) is 4.16. The molecule has 1 aliphatic rings. The van der Waals surface area contributed by atoms with Gasteiger partial charge in [-0.05, 0) is 42.0 Å². The maximum absolute atomic E-state index is 13.1. The van der Waals surface area contributed by atoms with E-state index in [1.807, 2.05) is 0 Å². The van der Waals surface area contributed by atoms with Gasteiger partial charge in [-0.1, -0.05) is 29.3 Å². The van der Waals surface area contributed by atoms with Crippen molar-refractivity contribution < 1.29 is 9.18 Å². The van der Waals surface area contributed by atoms with Crippen LogP contribution in [0.4, 0.5) is 14.9 Å². The number of piperazine rings is 1. The lowest BCUT2D eigenvalue weighted by molar-refractivity contribution is 0.143. The van der Waals surface area contributed by atoms with Gasteiger partial charge in [0.1, 0.15) is 5.82 Å². The van der Waals surface area contributed by atoms with Gasteiger partial charge in [0.05, 0.1) is 0 Å². The van der Waals surface area contributed by atoms with Crippen LogP contribution in [0.3, 0.4) is 0 Å². The highest BCUT2D eigenvalue weighted by atomic mass is 35.5. The largest absolute Gasteiger partial charge is 0.322 e. The molecule has 2 amide bonds. The molecule has 0 unspecified atom stereocenters. The molecule has 25 heavy (non-hydrogen) atoms. The number of anilines is 1. The normalized spacial score (nSPS) is 15.2. The number of hydrogen-bond acceptors (Lipinski definition) is 2. The maximum atomic E-state index is 13.1. The van der Waals surface area contributed by atoms with Crippen LogP contribution in [0.2, 0.25) is 10.0 Å². The molecule has 1 N–H and O–H groups in total. The second kappa shape index (κ2) is 8.04. The first kappa shape index (κ1) is 18.0. The maximum Gasteiger partial charge on any atom is 0.321 e. The quantitative estimate of drug-likeness (QED) is 0.850. The topological polar surface area (TPSA) is 35.6 Å². The Morgan fingerprint density at radius 3 is 2.36 bits per heavy atom. The molecule has 1 aliphatic heterocycles. The number of halogens is 3. The van der Waals surface area contributed by atoms with Crippen molar-refractivity contribution in [1.82, 2.24) is 9.80 Å². The molecule has 2 aromatic carbocycles. The Kier molecular flexibility index (Phi) is 5.78. The molecule has 4 nitrogen and oxygen atoms in total. The van der Waals surface area contributed by atoms with Crippen LogP contribution < -0.4 is 5.32 Å².